The molecular formula is C25H30N2O4. The van der Waals surface area contributed by atoms with E-state index in [0.717, 1.165) is 11.1 Å². The van der Waals surface area contributed by atoms with E-state index in [1.54, 1.807) is 17.0 Å². The SMILES string of the molecule is Cc1ccc(C(O)=C2C(=O)C(=O)N(CCN(C)C)[C@H]2c2ccc(OC(C)C)cc2)cc1. The van der Waals surface area contributed by atoms with E-state index in [1.165, 1.54) is 0 Å². The van der Waals surface area contributed by atoms with Crippen LogP contribution in [0.15, 0.2) is 54.1 Å². The van der Waals surface area contributed by atoms with Crippen molar-refractivity contribution in [3.63, 3.8) is 0 Å². The van der Waals surface area contributed by atoms with E-state index in [1.807, 2.05) is 76.2 Å². The molecule has 1 aliphatic rings. The van der Waals surface area contributed by atoms with Crippen molar-refractivity contribution in [1.82, 2.24) is 9.80 Å². The highest BCUT2D eigenvalue weighted by molar-refractivity contribution is 6.46. The standard InChI is InChI=1S/C25H30N2O4/c1-16(2)31-20-12-10-18(11-13-20)22-21(23(28)19-8-6-17(3)7-9-19)24(29)25(30)27(22)15-14-26(4)5/h6-13,16,22,28H,14-15H2,1-5H3/t22-/m0/s1. The number of carbonyl (C=O) groups is 2. The van der Waals surface area contributed by atoms with E-state index in [-0.39, 0.29) is 17.4 Å². The van der Waals surface area contributed by atoms with Crippen LogP contribution in [0.4, 0.5) is 0 Å². The Labute approximate surface area is 183 Å². The molecule has 164 valence electrons. The Bertz CT molecular complexity index is 976. The number of carbonyl (C=O) groups excluding carboxylic acids is 2. The second kappa shape index (κ2) is 9.35. The van der Waals surface area contributed by atoms with Crippen LogP contribution in [0, 0.1) is 6.92 Å². The van der Waals surface area contributed by atoms with Gasteiger partial charge in [-0.25, -0.2) is 0 Å². The fraction of sp³-hybridized carbons (Fsp3) is 0.360. The number of hydrogen-bond donors (Lipinski definition) is 1. The first-order valence-corrected chi connectivity index (χ1v) is 10.5. The average Bonchev–Trinajstić information content (AvgIpc) is 2.97. The molecule has 1 atom stereocenters. The smallest absolute Gasteiger partial charge is 0.295 e. The maximum Gasteiger partial charge on any atom is 0.295 e. The van der Waals surface area contributed by atoms with Gasteiger partial charge in [0.25, 0.3) is 11.7 Å². The molecule has 31 heavy (non-hydrogen) atoms. The third-order valence-electron chi connectivity index (χ3n) is 5.22. The van der Waals surface area contributed by atoms with Gasteiger partial charge in [0.15, 0.2) is 0 Å². The third kappa shape index (κ3) is 4.97. The quantitative estimate of drug-likeness (QED) is 0.418. The van der Waals surface area contributed by atoms with Crippen LogP contribution in [-0.4, -0.2) is 59.9 Å². The molecule has 1 N–H and O–H groups in total. The Morgan fingerprint density at radius 3 is 2.23 bits per heavy atom. The number of rotatable bonds is 7. The van der Waals surface area contributed by atoms with Gasteiger partial charge < -0.3 is 19.6 Å². The predicted molar refractivity (Wildman–Crippen MR) is 121 cm³/mol. The molecule has 0 spiro atoms. The zero-order valence-corrected chi connectivity index (χ0v) is 18.8. The molecule has 0 saturated carbocycles. The van der Waals surface area contributed by atoms with E-state index < -0.39 is 17.7 Å². The topological polar surface area (TPSA) is 70.1 Å². The number of aliphatic hydroxyl groups is 1. The van der Waals surface area contributed by atoms with Crippen molar-refractivity contribution in [2.45, 2.75) is 32.9 Å². The van der Waals surface area contributed by atoms with E-state index in [9.17, 15) is 14.7 Å². The Balaban J connectivity index is 2.08. The molecule has 0 bridgehead atoms. The fourth-order valence-electron chi connectivity index (χ4n) is 3.63. The zero-order valence-electron chi connectivity index (χ0n) is 18.8. The molecule has 1 aliphatic heterocycles. The van der Waals surface area contributed by atoms with Gasteiger partial charge in [-0.1, -0.05) is 42.0 Å². The van der Waals surface area contributed by atoms with Crippen LogP contribution >= 0.6 is 0 Å². The number of benzene rings is 2. The summed E-state index contributed by atoms with van der Waals surface area (Å²) in [4.78, 5) is 29.4. The van der Waals surface area contributed by atoms with Crippen molar-refractivity contribution in [2.24, 2.45) is 0 Å². The molecule has 0 unspecified atom stereocenters. The highest BCUT2D eigenvalue weighted by atomic mass is 16.5. The number of ketones is 1. The molecule has 1 heterocycles. The van der Waals surface area contributed by atoms with Crippen LogP contribution < -0.4 is 4.74 Å². The summed E-state index contributed by atoms with van der Waals surface area (Å²) in [6.45, 7) is 6.82. The van der Waals surface area contributed by atoms with Crippen molar-refractivity contribution in [1.29, 1.82) is 0 Å². The van der Waals surface area contributed by atoms with Gasteiger partial charge in [-0.3, -0.25) is 9.59 Å². The molecule has 6 heteroatoms. The monoisotopic (exact) mass is 422 g/mol. The van der Waals surface area contributed by atoms with Gasteiger partial charge in [0.05, 0.1) is 17.7 Å². The number of aryl methyl sites for hydroxylation is 1. The number of Topliss-reactive ketones (excluding diaryl/α,β-unsaturated/α-hetero) is 1. The van der Waals surface area contributed by atoms with Gasteiger partial charge in [-0.15, -0.1) is 0 Å². The largest absolute Gasteiger partial charge is 0.507 e. The van der Waals surface area contributed by atoms with E-state index in [4.69, 9.17) is 4.74 Å². The first kappa shape index (κ1) is 22.6. The molecule has 2 aromatic carbocycles. The first-order valence-electron chi connectivity index (χ1n) is 10.5. The first-order chi connectivity index (χ1) is 14.7. The maximum atomic E-state index is 13.0. The summed E-state index contributed by atoms with van der Waals surface area (Å²) in [6.07, 6.45) is 0.0399. The molecule has 1 saturated heterocycles. The Morgan fingerprint density at radius 2 is 1.68 bits per heavy atom. The lowest BCUT2D eigenvalue weighted by Gasteiger charge is -2.26. The molecule has 0 radical (unpaired) electrons. The Kier molecular flexibility index (Phi) is 6.81. The van der Waals surface area contributed by atoms with Crippen molar-refractivity contribution in [3.8, 4) is 5.75 Å². The summed E-state index contributed by atoms with van der Waals surface area (Å²) in [5.41, 5.74) is 2.43. The normalized spacial score (nSPS) is 18.3. The summed E-state index contributed by atoms with van der Waals surface area (Å²) >= 11 is 0. The fourth-order valence-corrected chi connectivity index (χ4v) is 3.63. The number of amides is 1. The number of hydrogen-bond acceptors (Lipinski definition) is 5. The molecule has 0 aromatic heterocycles. The van der Waals surface area contributed by atoms with E-state index in [2.05, 4.69) is 0 Å². The molecule has 6 nitrogen and oxygen atoms in total. The Morgan fingerprint density at radius 1 is 1.06 bits per heavy atom. The van der Waals surface area contributed by atoms with Gasteiger partial charge in [0.2, 0.25) is 0 Å². The number of nitrogens with zero attached hydrogens (tertiary/aromatic N) is 2. The van der Waals surface area contributed by atoms with Crippen LogP contribution in [0.25, 0.3) is 5.76 Å². The van der Waals surface area contributed by atoms with Crippen molar-refractivity contribution >= 4 is 17.4 Å². The molecule has 1 fully saturated rings. The maximum absolute atomic E-state index is 13.0. The van der Waals surface area contributed by atoms with Crippen molar-refractivity contribution < 1.29 is 19.4 Å². The second-order valence-electron chi connectivity index (χ2n) is 8.40. The summed E-state index contributed by atoms with van der Waals surface area (Å²) < 4.78 is 5.72. The highest BCUT2D eigenvalue weighted by Crippen LogP contribution is 2.39. The van der Waals surface area contributed by atoms with Crippen molar-refractivity contribution in [3.05, 3.63) is 70.8 Å². The summed E-state index contributed by atoms with van der Waals surface area (Å²) in [5, 5.41) is 11.0. The summed E-state index contributed by atoms with van der Waals surface area (Å²) in [7, 11) is 3.83. The van der Waals surface area contributed by atoms with Gasteiger partial charge in [-0.2, -0.15) is 0 Å². The number of aliphatic hydroxyl groups excluding tert-OH is 1. The third-order valence-corrected chi connectivity index (χ3v) is 5.22. The minimum Gasteiger partial charge on any atom is -0.507 e. The molecule has 3 rings (SSSR count). The van der Waals surface area contributed by atoms with Crippen LogP contribution in [0.2, 0.25) is 0 Å². The number of likely N-dealkylation sites (tertiary alicyclic amines) is 1. The second-order valence-corrected chi connectivity index (χ2v) is 8.40. The van der Waals surface area contributed by atoms with Crippen LogP contribution in [0.5, 0.6) is 5.75 Å². The average molecular weight is 423 g/mol. The molecular weight excluding hydrogens is 392 g/mol. The van der Waals surface area contributed by atoms with E-state index >= 15 is 0 Å². The lowest BCUT2D eigenvalue weighted by atomic mass is 9.95. The van der Waals surface area contributed by atoms with Crippen LogP contribution in [-0.2, 0) is 9.59 Å². The number of ether oxygens (including phenoxy) is 1. The molecule has 0 aliphatic carbocycles. The van der Waals surface area contributed by atoms with Crippen LogP contribution in [0.3, 0.4) is 0 Å². The van der Waals surface area contributed by atoms with Gasteiger partial charge in [0, 0.05) is 18.7 Å². The summed E-state index contributed by atoms with van der Waals surface area (Å²) in [5.74, 6) is -0.701. The Hall–Kier alpha value is -3.12. The van der Waals surface area contributed by atoms with Crippen LogP contribution in [0.1, 0.15) is 36.6 Å². The van der Waals surface area contributed by atoms with Gasteiger partial charge in [0.1, 0.15) is 11.5 Å². The van der Waals surface area contributed by atoms with Gasteiger partial charge in [-0.05, 0) is 52.6 Å². The minimum atomic E-state index is -0.663. The highest BCUT2D eigenvalue weighted by Gasteiger charge is 2.45. The van der Waals surface area contributed by atoms with E-state index in [0.29, 0.717) is 24.4 Å². The predicted octanol–water partition coefficient (Wildman–Crippen LogP) is 3.77. The van der Waals surface area contributed by atoms with Gasteiger partial charge >= 0.3 is 0 Å². The minimum absolute atomic E-state index is 0.0399. The number of likely N-dealkylation sites (N-methyl/N-ethyl adjacent to an activating group) is 1. The lowest BCUT2D eigenvalue weighted by Crippen LogP contribution is -2.35. The summed E-state index contributed by atoms with van der Waals surface area (Å²) in [6, 6.07) is 13.9. The van der Waals surface area contributed by atoms with Crippen molar-refractivity contribution in [2.75, 3.05) is 27.2 Å². The lowest BCUT2D eigenvalue weighted by molar-refractivity contribution is -0.140. The zero-order chi connectivity index (χ0) is 22.7. The molecule has 1 amide bonds. The molecule has 2 aromatic rings.